The van der Waals surface area contributed by atoms with E-state index >= 15 is 0 Å². The minimum absolute atomic E-state index is 0.0901. The Morgan fingerprint density at radius 1 is 1.43 bits per heavy atom. The summed E-state index contributed by atoms with van der Waals surface area (Å²) in [7, 11) is 0. The number of ketones is 1. The van der Waals surface area contributed by atoms with E-state index in [1.165, 1.54) is 6.92 Å². The molecule has 76 valence electrons. The van der Waals surface area contributed by atoms with Crippen LogP contribution in [0.25, 0.3) is 0 Å². The smallest absolute Gasteiger partial charge is 0.157 e. The number of Topliss-reactive ketones (excluding diaryl/α,β-unsaturated/α-hetero) is 1. The quantitative estimate of drug-likeness (QED) is 0.770. The minimum atomic E-state index is -1.82. The molecule has 1 atom stereocenters. The highest BCUT2D eigenvalue weighted by Crippen LogP contribution is 2.08. The van der Waals surface area contributed by atoms with Crippen LogP contribution in [-0.2, 0) is 28.0 Å². The van der Waals surface area contributed by atoms with Crippen LogP contribution < -0.4 is 0 Å². The van der Waals surface area contributed by atoms with Gasteiger partial charge in [0.05, 0.1) is 5.75 Å². The van der Waals surface area contributed by atoms with Crippen molar-refractivity contribution in [1.82, 2.24) is 0 Å². The molecule has 0 spiro atoms. The Morgan fingerprint density at radius 3 is 2.64 bits per heavy atom. The first-order valence-electron chi connectivity index (χ1n) is 4.22. The van der Waals surface area contributed by atoms with E-state index in [0.717, 1.165) is 11.1 Å². The molecule has 0 heterocycles. The molecule has 0 saturated heterocycles. The molecule has 0 aliphatic heterocycles. The summed E-state index contributed by atoms with van der Waals surface area (Å²) in [5.74, 6) is 0.207. The van der Waals surface area contributed by atoms with Crippen molar-refractivity contribution in [1.29, 1.82) is 0 Å². The fraction of sp³-hybridized carbons (Fsp3) is 0.300. The number of carbonyl (C=O) groups excluding carboxylic acids is 1. The lowest BCUT2D eigenvalue weighted by Crippen LogP contribution is -1.98. The Kier molecular flexibility index (Phi) is 3.98. The van der Waals surface area contributed by atoms with Crippen LogP contribution in [0, 0.1) is 0 Å². The summed E-state index contributed by atoms with van der Waals surface area (Å²) in [5.41, 5.74) is 1.67. The van der Waals surface area contributed by atoms with E-state index in [4.69, 9.17) is 4.55 Å². The monoisotopic (exact) mass is 212 g/mol. The maximum Gasteiger partial charge on any atom is 0.157 e. The van der Waals surface area contributed by atoms with Crippen LogP contribution in [0.1, 0.15) is 18.1 Å². The molecule has 1 aromatic carbocycles. The van der Waals surface area contributed by atoms with E-state index in [9.17, 15) is 9.00 Å². The summed E-state index contributed by atoms with van der Waals surface area (Å²) in [5, 5.41) is 0. The molecule has 3 nitrogen and oxygen atoms in total. The van der Waals surface area contributed by atoms with Gasteiger partial charge >= 0.3 is 0 Å². The maximum atomic E-state index is 10.8. The van der Waals surface area contributed by atoms with Crippen molar-refractivity contribution >= 4 is 16.9 Å². The highest BCUT2D eigenvalue weighted by Gasteiger charge is 2.01. The van der Waals surface area contributed by atoms with Crippen LogP contribution >= 0.6 is 0 Å². The summed E-state index contributed by atoms with van der Waals surface area (Å²) in [6.07, 6.45) is 0.381. The van der Waals surface area contributed by atoms with Crippen LogP contribution in [0.3, 0.4) is 0 Å². The van der Waals surface area contributed by atoms with Gasteiger partial charge in [0.1, 0.15) is 5.78 Å². The number of hydrogen-bond donors (Lipinski definition) is 1. The Hall–Kier alpha value is -1.00. The molecule has 0 radical (unpaired) electrons. The Labute approximate surface area is 85.4 Å². The van der Waals surface area contributed by atoms with Crippen LogP contribution in [0.4, 0.5) is 0 Å². The predicted octanol–water partition coefficient (Wildman–Crippen LogP) is 1.54. The zero-order valence-electron chi connectivity index (χ0n) is 7.90. The summed E-state index contributed by atoms with van der Waals surface area (Å²) in [6, 6.07) is 7.19. The predicted molar refractivity (Wildman–Crippen MR) is 55.3 cm³/mol. The van der Waals surface area contributed by atoms with Gasteiger partial charge in [-0.2, -0.15) is 0 Å². The fourth-order valence-electron chi connectivity index (χ4n) is 1.26. The molecule has 0 aliphatic rings. The van der Waals surface area contributed by atoms with Crippen molar-refractivity contribution < 1.29 is 13.6 Å². The van der Waals surface area contributed by atoms with E-state index in [0.29, 0.717) is 6.42 Å². The molecule has 1 unspecified atom stereocenters. The Morgan fingerprint density at radius 2 is 2.07 bits per heavy atom. The molecule has 4 heteroatoms. The largest absolute Gasteiger partial charge is 0.306 e. The first-order valence-corrected chi connectivity index (χ1v) is 5.50. The third-order valence-corrected chi connectivity index (χ3v) is 2.31. The topological polar surface area (TPSA) is 54.4 Å². The van der Waals surface area contributed by atoms with Gasteiger partial charge in [0, 0.05) is 6.42 Å². The molecule has 1 rings (SSSR count). The van der Waals surface area contributed by atoms with Crippen molar-refractivity contribution in [2.24, 2.45) is 0 Å². The molecule has 0 aromatic heterocycles. The number of rotatable bonds is 4. The molecule has 0 bridgehead atoms. The van der Waals surface area contributed by atoms with Gasteiger partial charge in [0.15, 0.2) is 11.1 Å². The van der Waals surface area contributed by atoms with Crippen LogP contribution in [0.15, 0.2) is 24.3 Å². The second-order valence-electron chi connectivity index (χ2n) is 3.16. The average molecular weight is 212 g/mol. The lowest BCUT2D eigenvalue weighted by atomic mass is 10.1. The normalized spacial score (nSPS) is 12.4. The first-order chi connectivity index (χ1) is 6.58. The molecular weight excluding hydrogens is 200 g/mol. The molecule has 14 heavy (non-hydrogen) atoms. The second-order valence-corrected chi connectivity index (χ2v) is 4.10. The van der Waals surface area contributed by atoms with Crippen molar-refractivity contribution in [2.45, 2.75) is 19.1 Å². The third-order valence-electron chi connectivity index (χ3n) is 1.73. The number of hydrogen-bond acceptors (Lipinski definition) is 2. The SMILES string of the molecule is CC(=O)Cc1cccc(CS(=O)O)c1. The molecular formula is C10H12O3S. The Bertz CT molecular complexity index is 329. The zero-order chi connectivity index (χ0) is 10.6. The highest BCUT2D eigenvalue weighted by molar-refractivity contribution is 7.78. The maximum absolute atomic E-state index is 10.8. The van der Waals surface area contributed by atoms with Gasteiger partial charge in [0.2, 0.25) is 0 Å². The van der Waals surface area contributed by atoms with E-state index in [1.807, 2.05) is 6.07 Å². The van der Waals surface area contributed by atoms with Gasteiger partial charge in [0.25, 0.3) is 0 Å². The summed E-state index contributed by atoms with van der Waals surface area (Å²) < 4.78 is 19.2. The van der Waals surface area contributed by atoms with Crippen molar-refractivity contribution in [3.63, 3.8) is 0 Å². The molecule has 0 saturated carbocycles. The lowest BCUT2D eigenvalue weighted by molar-refractivity contribution is -0.116. The van der Waals surface area contributed by atoms with E-state index < -0.39 is 11.1 Å². The van der Waals surface area contributed by atoms with Crippen molar-refractivity contribution in [3.05, 3.63) is 35.4 Å². The van der Waals surface area contributed by atoms with Crippen LogP contribution in [0.5, 0.6) is 0 Å². The number of carbonyl (C=O) groups is 1. The summed E-state index contributed by atoms with van der Waals surface area (Å²) >= 11 is -1.82. The second kappa shape index (κ2) is 5.02. The van der Waals surface area contributed by atoms with Gasteiger partial charge in [-0.05, 0) is 18.1 Å². The van der Waals surface area contributed by atoms with Crippen molar-refractivity contribution in [2.75, 3.05) is 0 Å². The Balaban J connectivity index is 2.78. The van der Waals surface area contributed by atoms with E-state index in [1.54, 1.807) is 18.2 Å². The van der Waals surface area contributed by atoms with Gasteiger partial charge in [-0.25, -0.2) is 4.21 Å². The first kappa shape index (κ1) is 11.1. The molecule has 0 aliphatic carbocycles. The average Bonchev–Trinajstić information content (AvgIpc) is 2.01. The van der Waals surface area contributed by atoms with Crippen LogP contribution in [0.2, 0.25) is 0 Å². The molecule has 1 N–H and O–H groups in total. The lowest BCUT2D eigenvalue weighted by Gasteiger charge is -2.01. The van der Waals surface area contributed by atoms with Gasteiger partial charge in [-0.15, -0.1) is 0 Å². The van der Waals surface area contributed by atoms with Gasteiger partial charge in [-0.3, -0.25) is 4.79 Å². The standard InChI is InChI=1S/C10H12O3S/c1-8(11)5-9-3-2-4-10(6-9)7-14(12)13/h2-4,6H,5,7H2,1H3,(H,12,13). The van der Waals surface area contributed by atoms with E-state index in [2.05, 4.69) is 0 Å². The van der Waals surface area contributed by atoms with Gasteiger partial charge < -0.3 is 4.55 Å². The molecule has 0 fully saturated rings. The molecule has 1 aromatic rings. The third kappa shape index (κ3) is 3.81. The minimum Gasteiger partial charge on any atom is -0.306 e. The fourth-order valence-corrected chi connectivity index (χ4v) is 1.72. The highest BCUT2D eigenvalue weighted by atomic mass is 32.2. The van der Waals surface area contributed by atoms with Crippen molar-refractivity contribution in [3.8, 4) is 0 Å². The van der Waals surface area contributed by atoms with Gasteiger partial charge in [-0.1, -0.05) is 24.3 Å². The summed E-state index contributed by atoms with van der Waals surface area (Å²) in [6.45, 7) is 1.52. The summed E-state index contributed by atoms with van der Waals surface area (Å²) in [4.78, 5) is 10.8. The van der Waals surface area contributed by atoms with Crippen LogP contribution in [-0.4, -0.2) is 14.5 Å². The van der Waals surface area contributed by atoms with E-state index in [-0.39, 0.29) is 11.5 Å². The number of benzene rings is 1. The molecule has 0 amide bonds. The zero-order valence-corrected chi connectivity index (χ0v) is 8.71.